The lowest BCUT2D eigenvalue weighted by molar-refractivity contribution is -0.142. The van der Waals surface area contributed by atoms with Gasteiger partial charge in [0.15, 0.2) is 6.61 Å². The van der Waals surface area contributed by atoms with Crippen molar-refractivity contribution in [3.63, 3.8) is 0 Å². The lowest BCUT2D eigenvalue weighted by Gasteiger charge is -2.29. The fraction of sp³-hybridized carbons (Fsp3) is 0.194. The molecule has 3 aromatic carbocycles. The first kappa shape index (κ1) is 24.3. The molecule has 37 heavy (non-hydrogen) atoms. The zero-order chi connectivity index (χ0) is 25.9. The number of carbonyl (C=O) groups excluding carboxylic acids is 2. The predicted molar refractivity (Wildman–Crippen MR) is 144 cm³/mol. The van der Waals surface area contributed by atoms with Crippen molar-refractivity contribution in [2.75, 3.05) is 24.7 Å². The number of pyridine rings is 1. The average Bonchev–Trinajstić information content (AvgIpc) is 2.91. The van der Waals surface area contributed by atoms with Crippen LogP contribution in [0.15, 0.2) is 78.9 Å². The second kappa shape index (κ2) is 10.3. The van der Waals surface area contributed by atoms with Gasteiger partial charge >= 0.3 is 5.97 Å². The van der Waals surface area contributed by atoms with Gasteiger partial charge in [0.25, 0.3) is 5.91 Å². The highest BCUT2D eigenvalue weighted by atomic mass is 16.5. The Morgan fingerprint density at radius 2 is 1.43 bits per heavy atom. The van der Waals surface area contributed by atoms with Crippen molar-refractivity contribution in [3.05, 3.63) is 90.0 Å². The van der Waals surface area contributed by atoms with Crippen molar-refractivity contribution in [3.8, 4) is 39.4 Å². The van der Waals surface area contributed by atoms with Gasteiger partial charge in [-0.05, 0) is 62.2 Å². The molecule has 1 aliphatic heterocycles. The molecule has 1 aliphatic rings. The molecule has 0 radical (unpaired) electrons. The summed E-state index contributed by atoms with van der Waals surface area (Å²) >= 11 is 0. The maximum Gasteiger partial charge on any atom is 0.326 e. The molecule has 6 heteroatoms. The fourth-order valence-electron chi connectivity index (χ4n) is 4.33. The monoisotopic (exact) mass is 492 g/mol. The fourth-order valence-corrected chi connectivity index (χ4v) is 4.33. The quantitative estimate of drug-likeness (QED) is 0.309. The Bertz CT molecular complexity index is 1400. The summed E-state index contributed by atoms with van der Waals surface area (Å²) in [7, 11) is 0. The molecule has 0 atom stereocenters. The maximum absolute atomic E-state index is 12.7. The van der Waals surface area contributed by atoms with Crippen LogP contribution in [0.25, 0.3) is 33.6 Å². The highest BCUT2D eigenvalue weighted by Gasteiger charge is 2.28. The molecular weight excluding hydrogens is 464 g/mol. The largest absolute Gasteiger partial charge is 0.482 e. The second-order valence-electron chi connectivity index (χ2n) is 9.11. The number of aryl methyl sites for hydroxylation is 2. The molecular formula is C31H28N2O4. The number of amides is 1. The minimum absolute atomic E-state index is 0.121. The number of fused-ring (bicyclic) bond motifs is 1. The van der Waals surface area contributed by atoms with E-state index in [-0.39, 0.29) is 25.7 Å². The van der Waals surface area contributed by atoms with Gasteiger partial charge in [-0.25, -0.2) is 4.98 Å². The first-order chi connectivity index (χ1) is 17.9. The van der Waals surface area contributed by atoms with Crippen molar-refractivity contribution in [1.29, 1.82) is 0 Å². The van der Waals surface area contributed by atoms with Gasteiger partial charge in [0.2, 0.25) is 0 Å². The van der Waals surface area contributed by atoms with E-state index in [2.05, 4.69) is 68.4 Å². The molecule has 0 saturated heterocycles. The van der Waals surface area contributed by atoms with E-state index in [0.717, 1.165) is 33.6 Å². The lowest BCUT2D eigenvalue weighted by Crippen LogP contribution is -2.42. The zero-order valence-corrected chi connectivity index (χ0v) is 21.2. The van der Waals surface area contributed by atoms with E-state index in [0.29, 0.717) is 11.4 Å². The number of anilines is 1. The second-order valence-corrected chi connectivity index (χ2v) is 9.11. The highest BCUT2D eigenvalue weighted by Crippen LogP contribution is 2.37. The molecule has 2 heterocycles. The molecule has 0 unspecified atom stereocenters. The number of esters is 1. The number of nitrogens with zero attached hydrogens (tertiary/aromatic N) is 2. The molecule has 0 N–H and O–H groups in total. The molecule has 4 aromatic rings. The van der Waals surface area contributed by atoms with E-state index in [1.807, 2.05) is 24.3 Å². The number of rotatable bonds is 6. The van der Waals surface area contributed by atoms with Gasteiger partial charge in [-0.3, -0.25) is 14.5 Å². The number of carbonyl (C=O) groups is 2. The molecule has 0 saturated carbocycles. The third-order valence-corrected chi connectivity index (χ3v) is 6.35. The number of hydrogen-bond donors (Lipinski definition) is 0. The third-order valence-electron chi connectivity index (χ3n) is 6.35. The van der Waals surface area contributed by atoms with Crippen LogP contribution < -0.4 is 9.64 Å². The van der Waals surface area contributed by atoms with Crippen LogP contribution in [0, 0.1) is 13.8 Å². The van der Waals surface area contributed by atoms with Crippen LogP contribution >= 0.6 is 0 Å². The van der Waals surface area contributed by atoms with E-state index >= 15 is 0 Å². The third kappa shape index (κ3) is 5.23. The Morgan fingerprint density at radius 3 is 2.08 bits per heavy atom. The predicted octanol–water partition coefficient (Wildman–Crippen LogP) is 5.99. The van der Waals surface area contributed by atoms with Crippen molar-refractivity contribution in [2.24, 2.45) is 0 Å². The first-order valence-corrected chi connectivity index (χ1v) is 12.3. The van der Waals surface area contributed by atoms with E-state index in [4.69, 9.17) is 14.5 Å². The molecule has 0 aliphatic carbocycles. The SMILES string of the molecule is CCOC(=O)CN1C(=O)COc2ccc(-c3cc(-c4ccc(C)cc4)cc(-c4ccc(C)cc4)n3)cc21. The number of hydrogen-bond acceptors (Lipinski definition) is 5. The summed E-state index contributed by atoms with van der Waals surface area (Å²) in [5.74, 6) is -0.212. The van der Waals surface area contributed by atoms with E-state index in [1.165, 1.54) is 16.0 Å². The first-order valence-electron chi connectivity index (χ1n) is 12.3. The summed E-state index contributed by atoms with van der Waals surface area (Å²) in [4.78, 5) is 31.3. The molecule has 5 rings (SSSR count). The number of ether oxygens (including phenoxy) is 2. The van der Waals surface area contributed by atoms with Crippen LogP contribution in [0.4, 0.5) is 5.69 Å². The minimum Gasteiger partial charge on any atom is -0.482 e. The van der Waals surface area contributed by atoms with E-state index in [9.17, 15) is 9.59 Å². The van der Waals surface area contributed by atoms with Crippen molar-refractivity contribution in [2.45, 2.75) is 20.8 Å². The molecule has 1 aromatic heterocycles. The highest BCUT2D eigenvalue weighted by molar-refractivity contribution is 6.02. The van der Waals surface area contributed by atoms with Gasteiger partial charge in [-0.15, -0.1) is 0 Å². The Labute approximate surface area is 216 Å². The van der Waals surface area contributed by atoms with Gasteiger partial charge in [0.05, 0.1) is 23.7 Å². The van der Waals surface area contributed by atoms with Crippen molar-refractivity contribution in [1.82, 2.24) is 4.98 Å². The molecule has 0 fully saturated rings. The van der Waals surface area contributed by atoms with Gasteiger partial charge in [-0.1, -0.05) is 59.7 Å². The molecule has 0 bridgehead atoms. The van der Waals surface area contributed by atoms with Gasteiger partial charge in [-0.2, -0.15) is 0 Å². The number of aromatic nitrogens is 1. The summed E-state index contributed by atoms with van der Waals surface area (Å²) in [6.07, 6.45) is 0. The van der Waals surface area contributed by atoms with Crippen LogP contribution in [-0.4, -0.2) is 36.6 Å². The molecule has 1 amide bonds. The van der Waals surface area contributed by atoms with Gasteiger partial charge < -0.3 is 9.47 Å². The summed E-state index contributed by atoms with van der Waals surface area (Å²) in [5.41, 5.74) is 8.46. The lowest BCUT2D eigenvalue weighted by atomic mass is 9.98. The van der Waals surface area contributed by atoms with Crippen LogP contribution in [-0.2, 0) is 14.3 Å². The molecule has 0 spiro atoms. The van der Waals surface area contributed by atoms with Crippen LogP contribution in [0.2, 0.25) is 0 Å². The Hall–Kier alpha value is -4.45. The van der Waals surface area contributed by atoms with E-state index < -0.39 is 5.97 Å². The normalized spacial score (nSPS) is 12.6. The van der Waals surface area contributed by atoms with E-state index in [1.54, 1.807) is 6.92 Å². The topological polar surface area (TPSA) is 68.7 Å². The molecule has 6 nitrogen and oxygen atoms in total. The van der Waals surface area contributed by atoms with Crippen LogP contribution in [0.5, 0.6) is 5.75 Å². The summed E-state index contributed by atoms with van der Waals surface area (Å²) in [6.45, 7) is 5.83. The van der Waals surface area contributed by atoms with Crippen LogP contribution in [0.1, 0.15) is 18.1 Å². The average molecular weight is 493 g/mol. The Morgan fingerprint density at radius 1 is 0.838 bits per heavy atom. The summed E-state index contributed by atoms with van der Waals surface area (Å²) < 4.78 is 10.7. The van der Waals surface area contributed by atoms with Gasteiger partial charge in [0.1, 0.15) is 12.3 Å². The minimum atomic E-state index is -0.463. The van der Waals surface area contributed by atoms with Crippen molar-refractivity contribution >= 4 is 17.6 Å². The van der Waals surface area contributed by atoms with Gasteiger partial charge in [0, 0.05) is 11.1 Å². The maximum atomic E-state index is 12.7. The summed E-state index contributed by atoms with van der Waals surface area (Å²) in [6, 6.07) is 26.4. The van der Waals surface area contributed by atoms with Crippen LogP contribution in [0.3, 0.4) is 0 Å². The zero-order valence-electron chi connectivity index (χ0n) is 21.2. The summed E-state index contributed by atoms with van der Waals surface area (Å²) in [5, 5.41) is 0. The Kier molecular flexibility index (Phi) is 6.73. The number of benzene rings is 3. The standard InChI is InChI=1S/C31H28N2O4/c1-4-36-31(35)18-33-28-17-24(13-14-29(28)37-19-30(33)34)27-16-25(22-9-5-20(2)6-10-22)15-26(32-27)23-11-7-21(3)8-12-23/h5-17H,4,18-19H2,1-3H3. The van der Waals surface area contributed by atoms with Crippen molar-refractivity contribution < 1.29 is 19.1 Å². The Balaban J connectivity index is 1.62. The molecule has 186 valence electrons. The smallest absolute Gasteiger partial charge is 0.326 e.